The number of piperazine rings is 1. The Morgan fingerprint density at radius 1 is 1.29 bits per heavy atom. The molecule has 0 bridgehead atoms. The van der Waals surface area contributed by atoms with Gasteiger partial charge < -0.3 is 14.8 Å². The molecule has 0 saturated carbocycles. The Morgan fingerprint density at radius 2 is 1.90 bits per heavy atom. The van der Waals surface area contributed by atoms with E-state index in [1.807, 2.05) is 22.8 Å². The van der Waals surface area contributed by atoms with Gasteiger partial charge >= 0.3 is 5.97 Å². The van der Waals surface area contributed by atoms with Crippen molar-refractivity contribution in [3.8, 4) is 0 Å². The molecule has 0 aromatic carbocycles. The highest BCUT2D eigenvalue weighted by Gasteiger charge is 2.21. The maximum absolute atomic E-state index is 12.0. The number of amides is 1. The van der Waals surface area contributed by atoms with Crippen LogP contribution in [0.2, 0.25) is 0 Å². The first kappa shape index (κ1) is 15.5. The summed E-state index contributed by atoms with van der Waals surface area (Å²) in [5, 5.41) is 11.6. The topological polar surface area (TPSA) is 86.0 Å². The van der Waals surface area contributed by atoms with Crippen LogP contribution in [0, 0.1) is 0 Å². The minimum absolute atomic E-state index is 0.0504. The summed E-state index contributed by atoms with van der Waals surface area (Å²) < 4.78 is 5.25. The summed E-state index contributed by atoms with van der Waals surface area (Å²) >= 11 is 0. The summed E-state index contributed by atoms with van der Waals surface area (Å²) in [6.45, 7) is 5.02. The lowest BCUT2D eigenvalue weighted by Crippen LogP contribution is -2.50. The largest absolute Gasteiger partial charge is 0.480 e. The van der Waals surface area contributed by atoms with E-state index in [0.717, 1.165) is 5.76 Å². The average Bonchev–Trinajstić information content (AvgIpc) is 2.94. The fourth-order valence-corrected chi connectivity index (χ4v) is 2.40. The van der Waals surface area contributed by atoms with E-state index in [2.05, 4.69) is 5.32 Å². The summed E-state index contributed by atoms with van der Waals surface area (Å²) in [7, 11) is 0. The Kier molecular flexibility index (Phi) is 5.35. The quantitative estimate of drug-likeness (QED) is 0.777. The molecular formula is C14H21N3O4. The number of hydrogen-bond donors (Lipinski definition) is 2. The van der Waals surface area contributed by atoms with Crippen molar-refractivity contribution in [1.29, 1.82) is 0 Å². The van der Waals surface area contributed by atoms with E-state index in [0.29, 0.717) is 32.7 Å². The van der Waals surface area contributed by atoms with Crippen molar-refractivity contribution in [3.63, 3.8) is 0 Å². The SMILES string of the molecule is CC(NC(=O)CN1CCN(CC(=O)O)CC1)c1ccco1. The molecule has 2 heterocycles. The highest BCUT2D eigenvalue weighted by molar-refractivity contribution is 5.78. The number of nitrogens with one attached hydrogen (secondary N) is 1. The molecule has 7 heteroatoms. The van der Waals surface area contributed by atoms with Crippen LogP contribution in [0.5, 0.6) is 0 Å². The van der Waals surface area contributed by atoms with Crippen LogP contribution in [-0.2, 0) is 9.59 Å². The number of carbonyl (C=O) groups is 2. The van der Waals surface area contributed by atoms with Crippen LogP contribution in [-0.4, -0.2) is 66.1 Å². The lowest BCUT2D eigenvalue weighted by atomic mass is 10.2. The van der Waals surface area contributed by atoms with Gasteiger partial charge in [-0.3, -0.25) is 19.4 Å². The van der Waals surface area contributed by atoms with Crippen LogP contribution >= 0.6 is 0 Å². The van der Waals surface area contributed by atoms with Crippen LogP contribution in [0.15, 0.2) is 22.8 Å². The molecule has 1 saturated heterocycles. The summed E-state index contributed by atoms with van der Waals surface area (Å²) in [6.07, 6.45) is 1.58. The van der Waals surface area contributed by atoms with Crippen molar-refractivity contribution < 1.29 is 19.1 Å². The molecule has 7 nitrogen and oxygen atoms in total. The summed E-state index contributed by atoms with van der Waals surface area (Å²) in [5.74, 6) is -0.131. The number of carboxylic acid groups (broad SMARTS) is 1. The van der Waals surface area contributed by atoms with Crippen LogP contribution < -0.4 is 5.32 Å². The van der Waals surface area contributed by atoms with Gasteiger partial charge in [0, 0.05) is 26.2 Å². The summed E-state index contributed by atoms with van der Waals surface area (Å²) in [4.78, 5) is 26.5. The van der Waals surface area contributed by atoms with E-state index < -0.39 is 5.97 Å². The van der Waals surface area contributed by atoms with Crippen molar-refractivity contribution in [2.75, 3.05) is 39.3 Å². The molecule has 1 aromatic heterocycles. The molecule has 1 amide bonds. The van der Waals surface area contributed by atoms with Gasteiger partial charge in [0.2, 0.25) is 5.91 Å². The van der Waals surface area contributed by atoms with Gasteiger partial charge in [0.1, 0.15) is 5.76 Å². The second kappa shape index (κ2) is 7.24. The average molecular weight is 295 g/mol. The van der Waals surface area contributed by atoms with Gasteiger partial charge in [-0.05, 0) is 19.1 Å². The van der Waals surface area contributed by atoms with Gasteiger partial charge in [0.15, 0.2) is 0 Å². The smallest absolute Gasteiger partial charge is 0.317 e. The molecule has 21 heavy (non-hydrogen) atoms. The predicted molar refractivity (Wildman–Crippen MR) is 75.8 cm³/mol. The zero-order valence-corrected chi connectivity index (χ0v) is 12.1. The lowest BCUT2D eigenvalue weighted by Gasteiger charge is -2.33. The second-order valence-electron chi connectivity index (χ2n) is 5.25. The number of hydrogen-bond acceptors (Lipinski definition) is 5. The zero-order valence-electron chi connectivity index (χ0n) is 12.1. The van der Waals surface area contributed by atoms with Crippen molar-refractivity contribution in [2.24, 2.45) is 0 Å². The van der Waals surface area contributed by atoms with E-state index in [4.69, 9.17) is 9.52 Å². The van der Waals surface area contributed by atoms with E-state index in [1.165, 1.54) is 0 Å². The molecule has 1 atom stereocenters. The number of carbonyl (C=O) groups excluding carboxylic acids is 1. The monoisotopic (exact) mass is 295 g/mol. The van der Waals surface area contributed by atoms with E-state index in [-0.39, 0.29) is 18.5 Å². The first-order valence-corrected chi connectivity index (χ1v) is 7.04. The van der Waals surface area contributed by atoms with Gasteiger partial charge in [-0.15, -0.1) is 0 Å². The summed E-state index contributed by atoms with van der Waals surface area (Å²) in [6, 6.07) is 3.47. The van der Waals surface area contributed by atoms with Crippen molar-refractivity contribution in [3.05, 3.63) is 24.2 Å². The lowest BCUT2D eigenvalue weighted by molar-refractivity contribution is -0.139. The fourth-order valence-electron chi connectivity index (χ4n) is 2.40. The number of furan rings is 1. The van der Waals surface area contributed by atoms with Gasteiger partial charge in [-0.25, -0.2) is 0 Å². The molecule has 2 N–H and O–H groups in total. The highest BCUT2D eigenvalue weighted by Crippen LogP contribution is 2.12. The molecule has 1 aliphatic heterocycles. The molecule has 1 fully saturated rings. The van der Waals surface area contributed by atoms with Crippen LogP contribution in [0.25, 0.3) is 0 Å². The molecule has 0 spiro atoms. The molecule has 0 radical (unpaired) electrons. The number of carboxylic acids is 1. The molecular weight excluding hydrogens is 274 g/mol. The maximum Gasteiger partial charge on any atom is 0.317 e. The predicted octanol–water partition coefficient (Wildman–Crippen LogP) is 0.159. The molecule has 1 aliphatic rings. The van der Waals surface area contributed by atoms with Crippen LogP contribution in [0.4, 0.5) is 0 Å². The van der Waals surface area contributed by atoms with E-state index in [1.54, 1.807) is 12.3 Å². The maximum atomic E-state index is 12.0. The standard InChI is InChI=1S/C14H21N3O4/c1-11(12-3-2-8-21-12)15-13(18)9-16-4-6-17(7-5-16)10-14(19)20/h2-3,8,11H,4-7,9-10H2,1H3,(H,15,18)(H,19,20). The molecule has 1 unspecified atom stereocenters. The van der Waals surface area contributed by atoms with Gasteiger partial charge in [-0.2, -0.15) is 0 Å². The Labute approximate surface area is 123 Å². The Morgan fingerprint density at radius 3 is 2.43 bits per heavy atom. The van der Waals surface area contributed by atoms with Gasteiger partial charge in [0.25, 0.3) is 0 Å². The molecule has 116 valence electrons. The third-order valence-corrected chi connectivity index (χ3v) is 3.54. The Balaban J connectivity index is 1.71. The van der Waals surface area contributed by atoms with E-state index in [9.17, 15) is 9.59 Å². The molecule has 2 rings (SSSR count). The first-order chi connectivity index (χ1) is 10.0. The third-order valence-electron chi connectivity index (χ3n) is 3.54. The minimum Gasteiger partial charge on any atom is -0.480 e. The van der Waals surface area contributed by atoms with Crippen molar-refractivity contribution in [2.45, 2.75) is 13.0 Å². The Hall–Kier alpha value is -1.86. The van der Waals surface area contributed by atoms with Gasteiger partial charge in [0.05, 0.1) is 25.4 Å². The number of aliphatic carboxylic acids is 1. The first-order valence-electron chi connectivity index (χ1n) is 7.04. The normalized spacial score (nSPS) is 18.3. The zero-order chi connectivity index (χ0) is 15.2. The fraction of sp³-hybridized carbons (Fsp3) is 0.571. The second-order valence-corrected chi connectivity index (χ2v) is 5.25. The van der Waals surface area contributed by atoms with Gasteiger partial charge in [-0.1, -0.05) is 0 Å². The highest BCUT2D eigenvalue weighted by atomic mass is 16.4. The molecule has 0 aliphatic carbocycles. The van der Waals surface area contributed by atoms with Crippen molar-refractivity contribution in [1.82, 2.24) is 15.1 Å². The number of rotatable bonds is 6. The van der Waals surface area contributed by atoms with Crippen LogP contribution in [0.1, 0.15) is 18.7 Å². The van der Waals surface area contributed by atoms with Crippen LogP contribution in [0.3, 0.4) is 0 Å². The Bertz CT molecular complexity index is 467. The molecule has 1 aromatic rings. The van der Waals surface area contributed by atoms with Crippen molar-refractivity contribution >= 4 is 11.9 Å². The van der Waals surface area contributed by atoms with E-state index >= 15 is 0 Å². The third kappa shape index (κ3) is 4.87. The number of nitrogens with zero attached hydrogens (tertiary/aromatic N) is 2. The minimum atomic E-state index is -0.812. The summed E-state index contributed by atoms with van der Waals surface area (Å²) in [5.41, 5.74) is 0.